The van der Waals surface area contributed by atoms with Crippen molar-refractivity contribution in [2.45, 2.75) is 11.9 Å². The van der Waals surface area contributed by atoms with E-state index < -0.39 is 0 Å². The van der Waals surface area contributed by atoms with Crippen LogP contribution in [0.2, 0.25) is 0 Å². The molecule has 0 spiro atoms. The molecule has 3 heteroatoms. The van der Waals surface area contributed by atoms with Crippen LogP contribution in [0.5, 0.6) is 0 Å². The predicted octanol–water partition coefficient (Wildman–Crippen LogP) is 0.561. The Morgan fingerprint density at radius 2 is 2.50 bits per heavy atom. The van der Waals surface area contributed by atoms with E-state index in [4.69, 9.17) is 16.3 Å². The SMILES string of the molecule is ClC1COCCCN1. The maximum Gasteiger partial charge on any atom is 0.106 e. The fraction of sp³-hybridized carbons (Fsp3) is 1.00. The molecule has 0 aliphatic carbocycles. The Morgan fingerprint density at radius 1 is 1.62 bits per heavy atom. The van der Waals surface area contributed by atoms with Gasteiger partial charge in [-0.2, -0.15) is 0 Å². The zero-order valence-electron chi connectivity index (χ0n) is 4.69. The van der Waals surface area contributed by atoms with Gasteiger partial charge in [-0.05, 0) is 13.0 Å². The molecular formula is C5H10ClNO. The summed E-state index contributed by atoms with van der Waals surface area (Å²) in [6, 6.07) is 0. The zero-order chi connectivity index (χ0) is 5.82. The number of hydrogen-bond donors (Lipinski definition) is 1. The first-order chi connectivity index (χ1) is 3.89. The van der Waals surface area contributed by atoms with E-state index in [1.165, 1.54) is 0 Å². The van der Waals surface area contributed by atoms with Crippen LogP contribution in [0, 0.1) is 0 Å². The Kier molecular flexibility index (Phi) is 2.59. The molecule has 0 aromatic rings. The van der Waals surface area contributed by atoms with Crippen molar-refractivity contribution in [1.82, 2.24) is 5.32 Å². The smallest absolute Gasteiger partial charge is 0.106 e. The van der Waals surface area contributed by atoms with Gasteiger partial charge in [0.05, 0.1) is 6.61 Å². The summed E-state index contributed by atoms with van der Waals surface area (Å²) in [6.45, 7) is 2.46. The van der Waals surface area contributed by atoms with Crippen molar-refractivity contribution in [1.29, 1.82) is 0 Å². The molecule has 1 aliphatic heterocycles. The first kappa shape index (κ1) is 6.33. The van der Waals surface area contributed by atoms with Crippen LogP contribution in [0.15, 0.2) is 0 Å². The summed E-state index contributed by atoms with van der Waals surface area (Å²) in [7, 11) is 0. The minimum absolute atomic E-state index is 0.0255. The molecule has 0 aromatic heterocycles. The molecule has 1 N–H and O–H groups in total. The highest BCUT2D eigenvalue weighted by Gasteiger charge is 2.05. The molecule has 8 heavy (non-hydrogen) atoms. The van der Waals surface area contributed by atoms with E-state index in [1.807, 2.05) is 0 Å². The van der Waals surface area contributed by atoms with Crippen molar-refractivity contribution in [3.05, 3.63) is 0 Å². The molecule has 0 aromatic carbocycles. The number of rotatable bonds is 0. The summed E-state index contributed by atoms with van der Waals surface area (Å²) in [4.78, 5) is 0. The Morgan fingerprint density at radius 3 is 3.38 bits per heavy atom. The summed E-state index contributed by atoms with van der Waals surface area (Å²) in [5, 5.41) is 3.08. The third-order valence-corrected chi connectivity index (χ3v) is 1.38. The largest absolute Gasteiger partial charge is 0.378 e. The fourth-order valence-corrected chi connectivity index (χ4v) is 0.877. The number of halogens is 1. The van der Waals surface area contributed by atoms with Gasteiger partial charge in [-0.15, -0.1) is 11.6 Å². The van der Waals surface area contributed by atoms with Crippen LogP contribution < -0.4 is 5.32 Å². The van der Waals surface area contributed by atoms with Gasteiger partial charge in [0.1, 0.15) is 5.50 Å². The second-order valence-electron chi connectivity index (χ2n) is 1.85. The van der Waals surface area contributed by atoms with Crippen LogP contribution in [-0.2, 0) is 4.74 Å². The van der Waals surface area contributed by atoms with E-state index in [2.05, 4.69) is 5.32 Å². The maximum atomic E-state index is 5.68. The van der Waals surface area contributed by atoms with Gasteiger partial charge in [0.25, 0.3) is 0 Å². The van der Waals surface area contributed by atoms with Crippen LogP contribution in [0.25, 0.3) is 0 Å². The van der Waals surface area contributed by atoms with Crippen molar-refractivity contribution in [3.63, 3.8) is 0 Å². The van der Waals surface area contributed by atoms with Crippen molar-refractivity contribution >= 4 is 11.6 Å². The first-order valence-electron chi connectivity index (χ1n) is 2.85. The lowest BCUT2D eigenvalue weighted by Crippen LogP contribution is -2.25. The van der Waals surface area contributed by atoms with Crippen molar-refractivity contribution in [2.75, 3.05) is 19.8 Å². The van der Waals surface area contributed by atoms with E-state index in [-0.39, 0.29) is 5.50 Å². The molecule has 1 heterocycles. The molecular weight excluding hydrogens is 126 g/mol. The Balaban J connectivity index is 2.17. The molecule has 2 nitrogen and oxygen atoms in total. The average molecular weight is 136 g/mol. The molecule has 0 saturated carbocycles. The number of ether oxygens (including phenoxy) is 1. The van der Waals surface area contributed by atoms with Crippen LogP contribution in [0.3, 0.4) is 0 Å². The number of hydrogen-bond acceptors (Lipinski definition) is 2. The van der Waals surface area contributed by atoms with Crippen LogP contribution in [-0.4, -0.2) is 25.3 Å². The molecule has 1 atom stereocenters. The maximum absolute atomic E-state index is 5.68. The van der Waals surface area contributed by atoms with Crippen LogP contribution in [0.4, 0.5) is 0 Å². The van der Waals surface area contributed by atoms with Gasteiger partial charge in [0.2, 0.25) is 0 Å². The molecule has 1 saturated heterocycles. The van der Waals surface area contributed by atoms with E-state index in [9.17, 15) is 0 Å². The van der Waals surface area contributed by atoms with E-state index in [0.29, 0.717) is 6.61 Å². The summed E-state index contributed by atoms with van der Waals surface area (Å²) in [5.41, 5.74) is 0.0255. The predicted molar refractivity (Wildman–Crippen MR) is 33.1 cm³/mol. The first-order valence-corrected chi connectivity index (χ1v) is 3.28. The van der Waals surface area contributed by atoms with Gasteiger partial charge in [-0.25, -0.2) is 0 Å². The molecule has 1 unspecified atom stereocenters. The van der Waals surface area contributed by atoms with Crippen molar-refractivity contribution in [2.24, 2.45) is 0 Å². The summed E-state index contributed by atoms with van der Waals surface area (Å²) < 4.78 is 5.11. The fourth-order valence-electron chi connectivity index (χ4n) is 0.679. The molecule has 0 bridgehead atoms. The summed E-state index contributed by atoms with van der Waals surface area (Å²) in [5.74, 6) is 0. The van der Waals surface area contributed by atoms with E-state index in [0.717, 1.165) is 19.6 Å². The minimum Gasteiger partial charge on any atom is -0.378 e. The highest BCUT2D eigenvalue weighted by Crippen LogP contribution is 1.96. The minimum atomic E-state index is 0.0255. The monoisotopic (exact) mass is 135 g/mol. The van der Waals surface area contributed by atoms with Gasteiger partial charge >= 0.3 is 0 Å². The van der Waals surface area contributed by atoms with Gasteiger partial charge in [0, 0.05) is 6.61 Å². The summed E-state index contributed by atoms with van der Waals surface area (Å²) >= 11 is 5.68. The normalized spacial score (nSPS) is 31.9. The summed E-state index contributed by atoms with van der Waals surface area (Å²) in [6.07, 6.45) is 1.07. The molecule has 0 radical (unpaired) electrons. The van der Waals surface area contributed by atoms with Crippen LogP contribution >= 0.6 is 11.6 Å². The van der Waals surface area contributed by atoms with Gasteiger partial charge < -0.3 is 4.74 Å². The standard InChI is InChI=1S/C5H10ClNO/c6-5-4-8-3-1-2-7-5/h5,7H,1-4H2. The second-order valence-corrected chi connectivity index (χ2v) is 2.38. The second kappa shape index (κ2) is 3.28. The third-order valence-electron chi connectivity index (χ3n) is 1.10. The Hall–Kier alpha value is 0.210. The molecule has 1 aliphatic rings. The topological polar surface area (TPSA) is 21.3 Å². The number of alkyl halides is 1. The van der Waals surface area contributed by atoms with Crippen molar-refractivity contribution < 1.29 is 4.74 Å². The van der Waals surface area contributed by atoms with Gasteiger partial charge in [0.15, 0.2) is 0 Å². The highest BCUT2D eigenvalue weighted by molar-refractivity contribution is 6.20. The molecule has 0 amide bonds. The Labute approximate surface area is 54.2 Å². The van der Waals surface area contributed by atoms with Gasteiger partial charge in [-0.1, -0.05) is 0 Å². The highest BCUT2D eigenvalue weighted by atomic mass is 35.5. The molecule has 1 fully saturated rings. The molecule has 48 valence electrons. The van der Waals surface area contributed by atoms with E-state index in [1.54, 1.807) is 0 Å². The lowest BCUT2D eigenvalue weighted by molar-refractivity contribution is 0.145. The Bertz CT molecular complexity index is 61.4. The van der Waals surface area contributed by atoms with Crippen molar-refractivity contribution in [3.8, 4) is 0 Å². The average Bonchev–Trinajstić information content (AvgIpc) is 1.94. The third kappa shape index (κ3) is 1.99. The van der Waals surface area contributed by atoms with Crippen LogP contribution in [0.1, 0.15) is 6.42 Å². The molecule has 1 rings (SSSR count). The number of nitrogens with one attached hydrogen (secondary N) is 1. The lowest BCUT2D eigenvalue weighted by atomic mass is 10.5. The zero-order valence-corrected chi connectivity index (χ0v) is 5.45. The lowest BCUT2D eigenvalue weighted by Gasteiger charge is -2.03. The van der Waals surface area contributed by atoms with Gasteiger partial charge in [-0.3, -0.25) is 5.32 Å². The van der Waals surface area contributed by atoms with E-state index >= 15 is 0 Å². The quantitative estimate of drug-likeness (QED) is 0.387.